The van der Waals surface area contributed by atoms with Gasteiger partial charge in [0.15, 0.2) is 11.7 Å². The Labute approximate surface area is 166 Å². The number of amidine groups is 1. The molecular formula is C19H32FN3O5. The zero-order chi connectivity index (χ0) is 20.9. The van der Waals surface area contributed by atoms with Crippen molar-refractivity contribution in [3.8, 4) is 0 Å². The molecular weight excluding hydrogens is 369 g/mol. The van der Waals surface area contributed by atoms with Gasteiger partial charge < -0.3 is 19.1 Å². The van der Waals surface area contributed by atoms with Crippen LogP contribution in [-0.2, 0) is 19.0 Å². The van der Waals surface area contributed by atoms with Gasteiger partial charge >= 0.3 is 6.09 Å². The number of rotatable bonds is 11. The number of hydrogen-bond acceptors (Lipinski definition) is 5. The Hall–Kier alpha value is -2.00. The summed E-state index contributed by atoms with van der Waals surface area (Å²) >= 11 is 0. The number of nitrogens with zero attached hydrogens (tertiary/aromatic N) is 3. The maximum Gasteiger partial charge on any atom is 0.435 e. The maximum absolute atomic E-state index is 14.9. The van der Waals surface area contributed by atoms with Crippen LogP contribution in [0.25, 0.3) is 0 Å². The van der Waals surface area contributed by atoms with Crippen LogP contribution >= 0.6 is 0 Å². The zero-order valence-electron chi connectivity index (χ0n) is 17.2. The summed E-state index contributed by atoms with van der Waals surface area (Å²) in [4.78, 5) is 29.5. The molecule has 1 aliphatic rings. The molecule has 8 nitrogen and oxygen atoms in total. The second-order valence-corrected chi connectivity index (χ2v) is 6.59. The predicted octanol–water partition coefficient (Wildman–Crippen LogP) is 3.43. The SMILES string of the molecule is CCCCCOC(=O)N=C(/C(F)=C\N(C=O)C1CCC(C)O1)N(C)COCC. The van der Waals surface area contributed by atoms with E-state index >= 15 is 0 Å². The van der Waals surface area contributed by atoms with Gasteiger partial charge in [-0.2, -0.15) is 4.99 Å². The van der Waals surface area contributed by atoms with Gasteiger partial charge in [0, 0.05) is 19.9 Å². The van der Waals surface area contributed by atoms with Gasteiger partial charge in [0.2, 0.25) is 6.41 Å². The summed E-state index contributed by atoms with van der Waals surface area (Å²) in [6.45, 7) is 6.38. The fourth-order valence-corrected chi connectivity index (χ4v) is 2.61. The summed E-state index contributed by atoms with van der Waals surface area (Å²) < 4.78 is 30.8. The summed E-state index contributed by atoms with van der Waals surface area (Å²) in [5.74, 6) is -1.13. The van der Waals surface area contributed by atoms with Crippen molar-refractivity contribution < 1.29 is 28.2 Å². The van der Waals surface area contributed by atoms with Gasteiger partial charge in [-0.15, -0.1) is 0 Å². The highest BCUT2D eigenvalue weighted by atomic mass is 19.1. The molecule has 160 valence electrons. The maximum atomic E-state index is 14.9. The van der Waals surface area contributed by atoms with Crippen LogP contribution in [0.5, 0.6) is 0 Å². The summed E-state index contributed by atoms with van der Waals surface area (Å²) in [7, 11) is 1.53. The predicted molar refractivity (Wildman–Crippen MR) is 103 cm³/mol. The molecule has 2 unspecified atom stereocenters. The van der Waals surface area contributed by atoms with E-state index in [2.05, 4.69) is 4.99 Å². The Morgan fingerprint density at radius 3 is 2.64 bits per heavy atom. The van der Waals surface area contributed by atoms with Crippen molar-refractivity contribution in [2.24, 2.45) is 4.99 Å². The average molecular weight is 401 g/mol. The molecule has 0 aromatic rings. The fourth-order valence-electron chi connectivity index (χ4n) is 2.61. The molecule has 0 saturated carbocycles. The van der Waals surface area contributed by atoms with Gasteiger partial charge in [-0.05, 0) is 33.1 Å². The van der Waals surface area contributed by atoms with Crippen molar-refractivity contribution in [2.45, 2.75) is 65.2 Å². The van der Waals surface area contributed by atoms with Gasteiger partial charge in [-0.25, -0.2) is 9.18 Å². The molecule has 1 saturated heterocycles. The van der Waals surface area contributed by atoms with Crippen LogP contribution in [0.4, 0.5) is 9.18 Å². The number of unbranched alkanes of at least 4 members (excludes halogenated alkanes) is 2. The van der Waals surface area contributed by atoms with Crippen LogP contribution in [0.2, 0.25) is 0 Å². The van der Waals surface area contributed by atoms with Gasteiger partial charge in [-0.1, -0.05) is 19.8 Å². The van der Waals surface area contributed by atoms with Crippen molar-refractivity contribution in [3.05, 3.63) is 12.0 Å². The third-order valence-electron chi connectivity index (χ3n) is 4.16. The standard InChI is InChI=1S/C19H32FN3O5/c1-5-7-8-11-27-19(25)21-18(22(4)14-26-6-2)16(20)12-23(13-24)17-10-9-15(3)28-17/h12-13,15,17H,5-11,14H2,1-4H3/b16-12+,21-18?. The van der Waals surface area contributed by atoms with Crippen molar-refractivity contribution >= 4 is 18.3 Å². The Balaban J connectivity index is 2.93. The Morgan fingerprint density at radius 2 is 2.07 bits per heavy atom. The van der Waals surface area contributed by atoms with Crippen LogP contribution in [0.1, 0.15) is 52.9 Å². The van der Waals surface area contributed by atoms with Crippen molar-refractivity contribution in [3.63, 3.8) is 0 Å². The molecule has 0 spiro atoms. The minimum Gasteiger partial charge on any atom is -0.448 e. The van der Waals surface area contributed by atoms with Gasteiger partial charge in [0.25, 0.3) is 0 Å². The third-order valence-corrected chi connectivity index (χ3v) is 4.16. The van der Waals surface area contributed by atoms with E-state index in [9.17, 15) is 14.0 Å². The molecule has 2 atom stereocenters. The van der Waals surface area contributed by atoms with E-state index in [0.29, 0.717) is 19.4 Å². The number of likely N-dealkylation sites (N-methyl/N-ethyl adjacent to an activating group) is 1. The molecule has 0 radical (unpaired) electrons. The number of carbonyl (C=O) groups excluding carboxylic acids is 2. The first-order valence-corrected chi connectivity index (χ1v) is 9.73. The average Bonchev–Trinajstić information content (AvgIpc) is 3.11. The topological polar surface area (TPSA) is 80.7 Å². The van der Waals surface area contributed by atoms with E-state index in [1.54, 1.807) is 6.92 Å². The van der Waals surface area contributed by atoms with Crippen molar-refractivity contribution in [1.29, 1.82) is 0 Å². The highest BCUT2D eigenvalue weighted by Gasteiger charge is 2.27. The fraction of sp³-hybridized carbons (Fsp3) is 0.737. The lowest BCUT2D eigenvalue weighted by Crippen LogP contribution is -2.34. The molecule has 0 aliphatic carbocycles. The van der Waals surface area contributed by atoms with Crippen LogP contribution in [0, 0.1) is 0 Å². The minimum absolute atomic E-state index is 0.00391. The monoisotopic (exact) mass is 401 g/mol. The number of carbonyl (C=O) groups is 2. The number of aliphatic imine (C=N–C) groups is 1. The Bertz CT molecular complexity index is 556. The number of halogens is 1. The molecule has 0 aromatic heterocycles. The van der Waals surface area contributed by atoms with Crippen LogP contribution in [0.15, 0.2) is 17.0 Å². The molecule has 28 heavy (non-hydrogen) atoms. The largest absolute Gasteiger partial charge is 0.448 e. The van der Waals surface area contributed by atoms with Gasteiger partial charge in [0.05, 0.1) is 12.7 Å². The Morgan fingerprint density at radius 1 is 1.32 bits per heavy atom. The first kappa shape index (κ1) is 24.0. The lowest BCUT2D eigenvalue weighted by molar-refractivity contribution is -0.125. The van der Waals surface area contributed by atoms with E-state index in [4.69, 9.17) is 14.2 Å². The molecule has 2 amide bonds. The normalized spacial score (nSPS) is 20.2. The quantitative estimate of drug-likeness (QED) is 0.173. The third kappa shape index (κ3) is 8.35. The summed E-state index contributed by atoms with van der Waals surface area (Å²) in [6.07, 6.45) is 4.06. The second-order valence-electron chi connectivity index (χ2n) is 6.59. The smallest absolute Gasteiger partial charge is 0.435 e. The zero-order valence-corrected chi connectivity index (χ0v) is 17.2. The van der Waals surface area contributed by atoms with Crippen LogP contribution in [-0.4, -0.2) is 67.5 Å². The van der Waals surface area contributed by atoms with Crippen LogP contribution in [0.3, 0.4) is 0 Å². The molecule has 0 aromatic carbocycles. The van der Waals surface area contributed by atoms with E-state index in [-0.39, 0.29) is 25.3 Å². The summed E-state index contributed by atoms with van der Waals surface area (Å²) in [5.41, 5.74) is 0. The first-order chi connectivity index (χ1) is 13.4. The van der Waals surface area contributed by atoms with E-state index in [1.807, 2.05) is 13.8 Å². The molecule has 1 heterocycles. The number of ether oxygens (including phenoxy) is 3. The van der Waals surface area contributed by atoms with Crippen LogP contribution < -0.4 is 0 Å². The molecule has 0 N–H and O–H groups in total. The first-order valence-electron chi connectivity index (χ1n) is 9.73. The van der Waals surface area contributed by atoms with E-state index in [1.165, 1.54) is 11.9 Å². The van der Waals surface area contributed by atoms with E-state index < -0.39 is 18.1 Å². The molecule has 1 fully saturated rings. The highest BCUT2D eigenvalue weighted by Crippen LogP contribution is 2.22. The summed E-state index contributed by atoms with van der Waals surface area (Å²) in [6, 6.07) is 0. The second kappa shape index (κ2) is 13.2. The number of amides is 2. The van der Waals surface area contributed by atoms with Crippen molar-refractivity contribution in [1.82, 2.24) is 9.80 Å². The lowest BCUT2D eigenvalue weighted by atomic mass is 10.2. The molecule has 0 bridgehead atoms. The van der Waals surface area contributed by atoms with Gasteiger partial charge in [-0.3, -0.25) is 9.69 Å². The molecule has 9 heteroatoms. The molecule has 1 aliphatic heterocycles. The number of hydrogen-bond donors (Lipinski definition) is 0. The van der Waals surface area contributed by atoms with E-state index in [0.717, 1.165) is 36.8 Å². The highest BCUT2D eigenvalue weighted by molar-refractivity contribution is 6.01. The van der Waals surface area contributed by atoms with Gasteiger partial charge in [0.1, 0.15) is 13.0 Å². The molecule has 1 rings (SSSR count). The minimum atomic E-state index is -0.888. The van der Waals surface area contributed by atoms with Crippen molar-refractivity contribution in [2.75, 3.05) is 27.0 Å². The Kier molecular flexibility index (Phi) is 11.4. The summed E-state index contributed by atoms with van der Waals surface area (Å²) in [5, 5.41) is 0. The lowest BCUT2D eigenvalue weighted by Gasteiger charge is -2.23.